The lowest BCUT2D eigenvalue weighted by atomic mass is 10.0. The minimum atomic E-state index is -0.325. The van der Waals surface area contributed by atoms with Crippen molar-refractivity contribution in [2.75, 3.05) is 13.1 Å². The Hall–Kier alpha value is -0.940. The molecule has 0 aromatic carbocycles. The fraction of sp³-hybridized carbons (Fsp3) is 0.667. The van der Waals surface area contributed by atoms with Crippen LogP contribution in [-0.4, -0.2) is 40.1 Å². The van der Waals surface area contributed by atoms with Gasteiger partial charge in [-0.25, -0.2) is 4.98 Å². The molecule has 2 unspecified atom stereocenters. The Morgan fingerprint density at radius 1 is 1.76 bits per heavy atom. The molecule has 0 saturated carbocycles. The number of carbonyl (C=O) groups is 1. The van der Waals surface area contributed by atoms with Crippen molar-refractivity contribution in [1.82, 2.24) is 9.88 Å². The van der Waals surface area contributed by atoms with Gasteiger partial charge in [0, 0.05) is 24.4 Å². The van der Waals surface area contributed by atoms with Crippen LogP contribution >= 0.6 is 11.3 Å². The second-order valence-electron chi connectivity index (χ2n) is 4.66. The maximum absolute atomic E-state index is 12.0. The van der Waals surface area contributed by atoms with Crippen molar-refractivity contribution in [1.29, 1.82) is 0 Å². The Labute approximate surface area is 105 Å². The number of likely N-dealkylation sites (tertiary alicyclic amines) is 1. The number of hydrogen-bond donors (Lipinski definition) is 1. The minimum absolute atomic E-state index is 0.124. The van der Waals surface area contributed by atoms with E-state index in [-0.39, 0.29) is 17.9 Å². The van der Waals surface area contributed by atoms with Gasteiger partial charge in [0.25, 0.3) is 0 Å². The predicted octanol–water partition coefficient (Wildman–Crippen LogP) is 1.22. The highest BCUT2D eigenvalue weighted by Crippen LogP contribution is 2.20. The van der Waals surface area contributed by atoms with Crippen LogP contribution in [0.3, 0.4) is 0 Å². The summed E-state index contributed by atoms with van der Waals surface area (Å²) in [4.78, 5) is 18.1. The summed E-state index contributed by atoms with van der Waals surface area (Å²) in [6, 6.07) is 0. The van der Waals surface area contributed by atoms with Gasteiger partial charge in [0.05, 0.1) is 23.2 Å². The quantitative estimate of drug-likeness (QED) is 0.882. The first-order valence-electron chi connectivity index (χ1n) is 5.93. The average molecular weight is 254 g/mol. The maximum Gasteiger partial charge on any atom is 0.228 e. The Morgan fingerprint density at radius 2 is 2.53 bits per heavy atom. The number of aliphatic hydroxyl groups excluding tert-OH is 1. The molecule has 1 aliphatic rings. The van der Waals surface area contributed by atoms with Gasteiger partial charge in [-0.1, -0.05) is 0 Å². The summed E-state index contributed by atoms with van der Waals surface area (Å²) in [5, 5.41) is 12.4. The number of amides is 1. The van der Waals surface area contributed by atoms with Crippen molar-refractivity contribution in [3.63, 3.8) is 0 Å². The zero-order valence-electron chi connectivity index (χ0n) is 10.2. The summed E-state index contributed by atoms with van der Waals surface area (Å²) in [6.45, 7) is 5.18. The Kier molecular flexibility index (Phi) is 3.79. The van der Waals surface area contributed by atoms with Crippen LogP contribution < -0.4 is 0 Å². The van der Waals surface area contributed by atoms with E-state index in [9.17, 15) is 9.90 Å². The van der Waals surface area contributed by atoms with Crippen molar-refractivity contribution in [3.8, 4) is 0 Å². The predicted molar refractivity (Wildman–Crippen MR) is 66.9 cm³/mol. The second kappa shape index (κ2) is 5.14. The van der Waals surface area contributed by atoms with Gasteiger partial charge in [-0.15, -0.1) is 11.3 Å². The monoisotopic (exact) mass is 254 g/mol. The number of aryl methyl sites for hydroxylation is 1. The first-order chi connectivity index (χ1) is 8.06. The highest BCUT2D eigenvalue weighted by molar-refractivity contribution is 7.09. The molecule has 2 atom stereocenters. The van der Waals surface area contributed by atoms with E-state index < -0.39 is 0 Å². The molecule has 1 fully saturated rings. The molecule has 1 saturated heterocycles. The van der Waals surface area contributed by atoms with Crippen molar-refractivity contribution < 1.29 is 9.90 Å². The van der Waals surface area contributed by atoms with Gasteiger partial charge >= 0.3 is 0 Å². The number of hydrogen-bond acceptors (Lipinski definition) is 4. The van der Waals surface area contributed by atoms with Crippen LogP contribution in [0.4, 0.5) is 0 Å². The Morgan fingerprint density at radius 3 is 3.06 bits per heavy atom. The molecule has 94 valence electrons. The Bertz CT molecular complexity index is 403. The molecule has 1 aromatic heterocycles. The Balaban J connectivity index is 1.89. The fourth-order valence-corrected chi connectivity index (χ4v) is 2.78. The molecule has 0 bridgehead atoms. The summed E-state index contributed by atoms with van der Waals surface area (Å²) >= 11 is 1.57. The van der Waals surface area contributed by atoms with Crippen LogP contribution in [0, 0.1) is 12.8 Å². The van der Waals surface area contributed by atoms with Crippen molar-refractivity contribution >= 4 is 17.2 Å². The first kappa shape index (κ1) is 12.5. The van der Waals surface area contributed by atoms with Crippen LogP contribution in [0.2, 0.25) is 0 Å². The van der Waals surface area contributed by atoms with E-state index in [1.165, 1.54) is 0 Å². The van der Waals surface area contributed by atoms with Gasteiger partial charge in [-0.3, -0.25) is 4.79 Å². The van der Waals surface area contributed by atoms with Crippen LogP contribution in [0.25, 0.3) is 0 Å². The maximum atomic E-state index is 12.0. The smallest absolute Gasteiger partial charge is 0.228 e. The molecule has 1 amide bonds. The number of rotatable bonds is 3. The highest BCUT2D eigenvalue weighted by atomic mass is 32.1. The number of aliphatic hydroxyl groups is 1. The van der Waals surface area contributed by atoms with E-state index in [2.05, 4.69) is 4.98 Å². The van der Waals surface area contributed by atoms with Crippen molar-refractivity contribution in [3.05, 3.63) is 16.1 Å². The van der Waals surface area contributed by atoms with E-state index >= 15 is 0 Å². The third-order valence-electron chi connectivity index (χ3n) is 3.26. The third kappa shape index (κ3) is 3.04. The molecule has 1 N–H and O–H groups in total. The molecule has 4 nitrogen and oxygen atoms in total. The number of carbonyl (C=O) groups excluding carboxylic acids is 1. The number of thiazole rings is 1. The van der Waals surface area contributed by atoms with Crippen molar-refractivity contribution in [2.45, 2.75) is 32.8 Å². The summed E-state index contributed by atoms with van der Waals surface area (Å²) in [5.41, 5.74) is 0.859. The normalized spacial score (nSPS) is 21.8. The van der Waals surface area contributed by atoms with Crippen molar-refractivity contribution in [2.24, 2.45) is 5.92 Å². The lowest BCUT2D eigenvalue weighted by Gasteiger charge is -2.17. The molecule has 0 spiro atoms. The summed E-state index contributed by atoms with van der Waals surface area (Å²) < 4.78 is 0. The largest absolute Gasteiger partial charge is 0.393 e. The summed E-state index contributed by atoms with van der Waals surface area (Å²) in [7, 11) is 0. The van der Waals surface area contributed by atoms with Crippen LogP contribution in [0.5, 0.6) is 0 Å². The van der Waals surface area contributed by atoms with Crippen LogP contribution in [0.15, 0.2) is 5.38 Å². The van der Waals surface area contributed by atoms with E-state index in [4.69, 9.17) is 0 Å². The molecule has 2 heterocycles. The SMILES string of the molecule is Cc1nc(CC(=O)N2CCC(C(C)O)C2)cs1. The number of aromatic nitrogens is 1. The molecule has 0 aliphatic carbocycles. The summed E-state index contributed by atoms with van der Waals surface area (Å²) in [6.07, 6.45) is 0.963. The van der Waals surface area contributed by atoms with Gasteiger partial charge in [0.2, 0.25) is 5.91 Å². The van der Waals surface area contributed by atoms with E-state index in [1.807, 2.05) is 17.2 Å². The second-order valence-corrected chi connectivity index (χ2v) is 5.73. The third-order valence-corrected chi connectivity index (χ3v) is 4.08. The molecule has 1 aromatic rings. The summed E-state index contributed by atoms with van der Waals surface area (Å²) in [5.74, 6) is 0.356. The fourth-order valence-electron chi connectivity index (χ4n) is 2.16. The van der Waals surface area contributed by atoms with Gasteiger partial charge in [0.1, 0.15) is 0 Å². The molecular formula is C12H18N2O2S. The lowest BCUT2D eigenvalue weighted by molar-refractivity contribution is -0.129. The van der Waals surface area contributed by atoms with Gasteiger partial charge in [-0.05, 0) is 20.3 Å². The lowest BCUT2D eigenvalue weighted by Crippen LogP contribution is -2.31. The van der Waals surface area contributed by atoms with E-state index in [0.29, 0.717) is 13.0 Å². The molecular weight excluding hydrogens is 236 g/mol. The topological polar surface area (TPSA) is 53.4 Å². The highest BCUT2D eigenvalue weighted by Gasteiger charge is 2.29. The zero-order valence-corrected chi connectivity index (χ0v) is 11.0. The molecule has 17 heavy (non-hydrogen) atoms. The van der Waals surface area contributed by atoms with E-state index in [0.717, 1.165) is 23.7 Å². The molecule has 5 heteroatoms. The van der Waals surface area contributed by atoms with Crippen LogP contribution in [0.1, 0.15) is 24.0 Å². The van der Waals surface area contributed by atoms with E-state index in [1.54, 1.807) is 18.3 Å². The van der Waals surface area contributed by atoms with Gasteiger partial charge in [0.15, 0.2) is 0 Å². The molecule has 0 radical (unpaired) electrons. The number of nitrogens with zero attached hydrogens (tertiary/aromatic N) is 2. The molecule has 1 aliphatic heterocycles. The van der Waals surface area contributed by atoms with Gasteiger partial charge < -0.3 is 10.0 Å². The van der Waals surface area contributed by atoms with Gasteiger partial charge in [-0.2, -0.15) is 0 Å². The molecule has 2 rings (SSSR count). The first-order valence-corrected chi connectivity index (χ1v) is 6.81. The average Bonchev–Trinajstić information content (AvgIpc) is 2.86. The standard InChI is InChI=1S/C12H18N2O2S/c1-8(15)10-3-4-14(6-10)12(16)5-11-7-17-9(2)13-11/h7-8,10,15H,3-6H2,1-2H3. The minimum Gasteiger partial charge on any atom is -0.393 e. The zero-order chi connectivity index (χ0) is 12.4. The van der Waals surface area contributed by atoms with Crippen LogP contribution in [-0.2, 0) is 11.2 Å².